The van der Waals surface area contributed by atoms with Gasteiger partial charge in [0.1, 0.15) is 0 Å². The van der Waals surface area contributed by atoms with Crippen molar-refractivity contribution in [3.05, 3.63) is 35.9 Å². The highest BCUT2D eigenvalue weighted by Crippen LogP contribution is 2.28. The summed E-state index contributed by atoms with van der Waals surface area (Å²) in [4.78, 5) is 17.5. The van der Waals surface area contributed by atoms with Gasteiger partial charge < -0.3 is 5.32 Å². The van der Waals surface area contributed by atoms with Crippen LogP contribution < -0.4 is 5.32 Å². The Morgan fingerprint density at radius 2 is 2.05 bits per heavy atom. The van der Waals surface area contributed by atoms with E-state index in [4.69, 9.17) is 0 Å². The number of hydrogen-bond acceptors (Lipinski definition) is 5. The highest BCUT2D eigenvalue weighted by atomic mass is 15.0. The summed E-state index contributed by atoms with van der Waals surface area (Å²) in [6, 6.07) is 2.19. The van der Waals surface area contributed by atoms with Crippen LogP contribution in [0.3, 0.4) is 0 Å². The van der Waals surface area contributed by atoms with Gasteiger partial charge in [-0.05, 0) is 38.3 Å². The summed E-state index contributed by atoms with van der Waals surface area (Å²) in [5.74, 6) is 1.22. The minimum Gasteiger partial charge on any atom is -0.310 e. The molecule has 5 heteroatoms. The molecule has 0 bridgehead atoms. The summed E-state index contributed by atoms with van der Waals surface area (Å²) in [7, 11) is 0. The van der Waals surface area contributed by atoms with Crippen molar-refractivity contribution < 1.29 is 0 Å². The molecule has 20 heavy (non-hydrogen) atoms. The van der Waals surface area contributed by atoms with E-state index in [2.05, 4.69) is 32.2 Å². The predicted molar refractivity (Wildman–Crippen MR) is 77.0 cm³/mol. The van der Waals surface area contributed by atoms with Crippen LogP contribution in [0.15, 0.2) is 24.7 Å². The van der Waals surface area contributed by atoms with E-state index in [-0.39, 0.29) is 0 Å². The third kappa shape index (κ3) is 2.67. The Hall–Kier alpha value is -1.88. The lowest BCUT2D eigenvalue weighted by atomic mass is 9.92. The van der Waals surface area contributed by atoms with Crippen LogP contribution in [0.5, 0.6) is 0 Å². The van der Waals surface area contributed by atoms with Crippen molar-refractivity contribution in [2.45, 2.75) is 38.6 Å². The van der Waals surface area contributed by atoms with E-state index in [1.165, 1.54) is 12.0 Å². The van der Waals surface area contributed by atoms with E-state index in [1.54, 1.807) is 18.5 Å². The Morgan fingerprint density at radius 3 is 2.85 bits per heavy atom. The summed E-state index contributed by atoms with van der Waals surface area (Å²) in [5.41, 5.74) is 2.38. The Bertz CT molecular complexity index is 570. The molecule has 1 aliphatic carbocycles. The summed E-state index contributed by atoms with van der Waals surface area (Å²) in [6.45, 7) is 3.22. The van der Waals surface area contributed by atoms with Crippen molar-refractivity contribution in [3.8, 4) is 11.6 Å². The summed E-state index contributed by atoms with van der Waals surface area (Å²) in [6.07, 6.45) is 9.87. The molecule has 1 aliphatic rings. The second-order valence-corrected chi connectivity index (χ2v) is 5.07. The zero-order valence-corrected chi connectivity index (χ0v) is 11.7. The molecule has 0 aromatic carbocycles. The lowest BCUT2D eigenvalue weighted by Crippen LogP contribution is -2.26. The molecular weight excluding hydrogens is 250 g/mol. The average molecular weight is 269 g/mol. The molecule has 0 fully saturated rings. The molecule has 2 aromatic rings. The molecule has 0 aliphatic heterocycles. The standard InChI is InChI=1S/C15H19N5/c1-2-7-16-12-5-3-6-13-11(12)10-19-15(20-13)14-17-8-4-9-18-14/h4,8-10,12,16H,2-3,5-7H2,1H3. The SMILES string of the molecule is CCCNC1CCCc2nc(-c3ncccn3)ncc21. The molecule has 0 spiro atoms. The lowest BCUT2D eigenvalue weighted by molar-refractivity contribution is 0.453. The molecule has 0 amide bonds. The van der Waals surface area contributed by atoms with Gasteiger partial charge in [-0.25, -0.2) is 19.9 Å². The minimum atomic E-state index is 0.393. The molecule has 5 nitrogen and oxygen atoms in total. The van der Waals surface area contributed by atoms with Crippen LogP contribution in [0.1, 0.15) is 43.5 Å². The van der Waals surface area contributed by atoms with E-state index in [0.717, 1.165) is 31.5 Å². The number of rotatable bonds is 4. The Morgan fingerprint density at radius 1 is 1.20 bits per heavy atom. The molecule has 3 rings (SSSR count). The number of aryl methyl sites for hydroxylation is 1. The van der Waals surface area contributed by atoms with E-state index < -0.39 is 0 Å². The molecule has 0 saturated carbocycles. The summed E-state index contributed by atoms with van der Waals surface area (Å²) < 4.78 is 0. The fourth-order valence-corrected chi connectivity index (χ4v) is 2.60. The van der Waals surface area contributed by atoms with Crippen LogP contribution in [0.4, 0.5) is 0 Å². The van der Waals surface area contributed by atoms with Gasteiger partial charge in [-0.3, -0.25) is 0 Å². The van der Waals surface area contributed by atoms with Crippen LogP contribution >= 0.6 is 0 Å². The maximum atomic E-state index is 4.67. The topological polar surface area (TPSA) is 63.6 Å². The molecule has 1 atom stereocenters. The molecule has 2 heterocycles. The largest absolute Gasteiger partial charge is 0.310 e. The van der Waals surface area contributed by atoms with Crippen molar-refractivity contribution >= 4 is 0 Å². The normalized spacial score (nSPS) is 17.8. The predicted octanol–water partition coefficient (Wildman–Crippen LogP) is 2.31. The summed E-state index contributed by atoms with van der Waals surface area (Å²) >= 11 is 0. The van der Waals surface area contributed by atoms with E-state index >= 15 is 0 Å². The van der Waals surface area contributed by atoms with Gasteiger partial charge in [0.05, 0.1) is 0 Å². The first-order valence-corrected chi connectivity index (χ1v) is 7.25. The van der Waals surface area contributed by atoms with Crippen molar-refractivity contribution in [3.63, 3.8) is 0 Å². The van der Waals surface area contributed by atoms with Crippen LogP contribution in [0, 0.1) is 0 Å². The van der Waals surface area contributed by atoms with Gasteiger partial charge in [0, 0.05) is 35.9 Å². The molecule has 1 unspecified atom stereocenters. The second kappa shape index (κ2) is 6.05. The fraction of sp³-hybridized carbons (Fsp3) is 0.467. The molecular formula is C15H19N5. The van der Waals surface area contributed by atoms with Gasteiger partial charge in [-0.1, -0.05) is 6.92 Å². The van der Waals surface area contributed by atoms with Gasteiger partial charge in [0.15, 0.2) is 11.6 Å². The first-order valence-electron chi connectivity index (χ1n) is 7.25. The number of nitrogens with one attached hydrogen (secondary N) is 1. The molecule has 0 saturated heterocycles. The highest BCUT2D eigenvalue weighted by molar-refractivity contribution is 5.43. The Kier molecular flexibility index (Phi) is 3.97. The van der Waals surface area contributed by atoms with Crippen LogP contribution in [0.2, 0.25) is 0 Å². The minimum absolute atomic E-state index is 0.393. The van der Waals surface area contributed by atoms with Gasteiger partial charge >= 0.3 is 0 Å². The van der Waals surface area contributed by atoms with E-state index in [9.17, 15) is 0 Å². The van der Waals surface area contributed by atoms with Crippen molar-refractivity contribution in [2.75, 3.05) is 6.54 Å². The Labute approximate surface area is 118 Å². The zero-order valence-electron chi connectivity index (χ0n) is 11.7. The van der Waals surface area contributed by atoms with Gasteiger partial charge in [-0.15, -0.1) is 0 Å². The first-order chi connectivity index (χ1) is 9.88. The smallest absolute Gasteiger partial charge is 0.197 e. The maximum Gasteiger partial charge on any atom is 0.197 e. The summed E-state index contributed by atoms with van der Waals surface area (Å²) in [5, 5.41) is 3.58. The first kappa shape index (κ1) is 13.1. The van der Waals surface area contributed by atoms with Crippen molar-refractivity contribution in [1.82, 2.24) is 25.3 Å². The average Bonchev–Trinajstić information content (AvgIpc) is 2.53. The van der Waals surface area contributed by atoms with E-state index in [1.807, 2.05) is 6.20 Å². The van der Waals surface area contributed by atoms with Gasteiger partial charge in [0.25, 0.3) is 0 Å². The molecule has 2 aromatic heterocycles. The molecule has 104 valence electrons. The number of nitrogens with zero attached hydrogens (tertiary/aromatic N) is 4. The fourth-order valence-electron chi connectivity index (χ4n) is 2.60. The van der Waals surface area contributed by atoms with Gasteiger partial charge in [-0.2, -0.15) is 0 Å². The van der Waals surface area contributed by atoms with Gasteiger partial charge in [0.2, 0.25) is 0 Å². The van der Waals surface area contributed by atoms with Crippen molar-refractivity contribution in [2.24, 2.45) is 0 Å². The van der Waals surface area contributed by atoms with E-state index in [0.29, 0.717) is 17.7 Å². The second-order valence-electron chi connectivity index (χ2n) is 5.07. The monoisotopic (exact) mass is 269 g/mol. The quantitative estimate of drug-likeness (QED) is 0.922. The van der Waals surface area contributed by atoms with Crippen LogP contribution in [-0.4, -0.2) is 26.5 Å². The third-order valence-electron chi connectivity index (χ3n) is 3.59. The molecule has 0 radical (unpaired) electrons. The number of hydrogen-bond donors (Lipinski definition) is 1. The van der Waals surface area contributed by atoms with Crippen LogP contribution in [0.25, 0.3) is 11.6 Å². The van der Waals surface area contributed by atoms with Crippen molar-refractivity contribution in [1.29, 1.82) is 0 Å². The third-order valence-corrected chi connectivity index (χ3v) is 3.59. The van der Waals surface area contributed by atoms with Crippen LogP contribution in [-0.2, 0) is 6.42 Å². The highest BCUT2D eigenvalue weighted by Gasteiger charge is 2.22. The Balaban J connectivity index is 1.89. The maximum absolute atomic E-state index is 4.67. The lowest BCUT2D eigenvalue weighted by Gasteiger charge is -2.25. The zero-order chi connectivity index (χ0) is 13.8. The number of aromatic nitrogens is 4. The number of fused-ring (bicyclic) bond motifs is 1. The molecule has 1 N–H and O–H groups in total.